The van der Waals surface area contributed by atoms with Crippen LogP contribution < -0.4 is 0 Å². The van der Waals surface area contributed by atoms with Gasteiger partial charge in [0.05, 0.1) is 7.11 Å². The number of carbonyl (C=O) groups is 3. The second kappa shape index (κ2) is 7.26. The third-order valence-electron chi connectivity index (χ3n) is 3.68. The predicted octanol–water partition coefficient (Wildman–Crippen LogP) is 1.88. The van der Waals surface area contributed by atoms with Gasteiger partial charge in [0.15, 0.2) is 17.8 Å². The molecule has 0 heterocycles. The molecule has 1 aliphatic rings. The quantitative estimate of drug-likeness (QED) is 0.544. The third kappa shape index (κ3) is 4.04. The van der Waals surface area contributed by atoms with E-state index in [9.17, 15) is 14.4 Å². The Balaban J connectivity index is 2.71. The molecule has 5 nitrogen and oxygen atoms in total. The number of hydrogen-bond donors (Lipinski definition) is 0. The minimum Gasteiger partial charge on any atom is -0.468 e. The summed E-state index contributed by atoms with van der Waals surface area (Å²) < 4.78 is 9.80. The maximum Gasteiger partial charge on any atom is 0.321 e. The van der Waals surface area contributed by atoms with Crippen LogP contribution in [0.1, 0.15) is 46.0 Å². The first-order chi connectivity index (χ1) is 9.01. The largest absolute Gasteiger partial charge is 0.468 e. The topological polar surface area (TPSA) is 69.7 Å². The Hall–Kier alpha value is -1.39. The molecule has 0 amide bonds. The molecule has 0 aromatic rings. The minimum atomic E-state index is -0.889. The highest BCUT2D eigenvalue weighted by Gasteiger charge is 2.39. The van der Waals surface area contributed by atoms with Gasteiger partial charge in [0, 0.05) is 6.42 Å². The standard InChI is InChI=1S/C14H22O5/c1-4-11(15)9(2)19-14(17)12(13(16)18-3)10-7-5-6-8-10/h9-10,12H,4-8H2,1-3H3. The number of ketones is 1. The molecule has 1 rings (SSSR count). The Morgan fingerprint density at radius 2 is 1.74 bits per heavy atom. The number of methoxy groups -OCH3 is 1. The van der Waals surface area contributed by atoms with Crippen molar-refractivity contribution in [1.29, 1.82) is 0 Å². The van der Waals surface area contributed by atoms with Crippen molar-refractivity contribution in [3.63, 3.8) is 0 Å². The van der Waals surface area contributed by atoms with Crippen LogP contribution in [0.5, 0.6) is 0 Å². The first-order valence-corrected chi connectivity index (χ1v) is 6.82. The number of Topliss-reactive ketones (excluding diaryl/α,β-unsaturated/α-hetero) is 1. The van der Waals surface area contributed by atoms with E-state index in [1.54, 1.807) is 6.92 Å². The number of ether oxygens (including phenoxy) is 2. The zero-order valence-corrected chi connectivity index (χ0v) is 11.8. The smallest absolute Gasteiger partial charge is 0.321 e. The molecule has 2 atom stereocenters. The van der Waals surface area contributed by atoms with Crippen molar-refractivity contribution in [3.8, 4) is 0 Å². The molecule has 0 N–H and O–H groups in total. The van der Waals surface area contributed by atoms with Crippen molar-refractivity contribution >= 4 is 17.7 Å². The van der Waals surface area contributed by atoms with E-state index in [0.717, 1.165) is 25.7 Å². The summed E-state index contributed by atoms with van der Waals surface area (Å²) in [5, 5.41) is 0. The van der Waals surface area contributed by atoms with Crippen molar-refractivity contribution < 1.29 is 23.9 Å². The lowest BCUT2D eigenvalue weighted by molar-refractivity contribution is -0.168. The molecule has 2 unspecified atom stereocenters. The molecule has 0 aromatic carbocycles. The van der Waals surface area contributed by atoms with E-state index in [4.69, 9.17) is 4.74 Å². The van der Waals surface area contributed by atoms with Gasteiger partial charge < -0.3 is 9.47 Å². The number of rotatable bonds is 6. The van der Waals surface area contributed by atoms with Crippen LogP contribution in [-0.4, -0.2) is 30.9 Å². The third-order valence-corrected chi connectivity index (χ3v) is 3.68. The summed E-state index contributed by atoms with van der Waals surface area (Å²) in [6.45, 7) is 3.24. The van der Waals surface area contributed by atoms with Gasteiger partial charge in [0.1, 0.15) is 0 Å². The molecule has 0 radical (unpaired) electrons. The summed E-state index contributed by atoms with van der Waals surface area (Å²) in [5.74, 6) is -2.26. The first kappa shape index (κ1) is 15.7. The van der Waals surface area contributed by atoms with Crippen LogP contribution in [0, 0.1) is 11.8 Å². The zero-order chi connectivity index (χ0) is 14.4. The minimum absolute atomic E-state index is 0.0242. The summed E-state index contributed by atoms with van der Waals surface area (Å²) in [7, 11) is 1.26. The van der Waals surface area contributed by atoms with Gasteiger partial charge in [-0.3, -0.25) is 14.4 Å². The summed E-state index contributed by atoms with van der Waals surface area (Å²) in [6.07, 6.45) is 3.17. The molecule has 1 fully saturated rings. The molecule has 19 heavy (non-hydrogen) atoms. The summed E-state index contributed by atoms with van der Waals surface area (Å²) in [4.78, 5) is 35.3. The van der Waals surface area contributed by atoms with Crippen LogP contribution in [0.25, 0.3) is 0 Å². The first-order valence-electron chi connectivity index (χ1n) is 6.82. The Morgan fingerprint density at radius 1 is 1.16 bits per heavy atom. The van der Waals surface area contributed by atoms with Crippen LogP contribution >= 0.6 is 0 Å². The van der Waals surface area contributed by atoms with E-state index in [2.05, 4.69) is 4.74 Å². The normalized spacial score (nSPS) is 18.7. The van der Waals surface area contributed by atoms with E-state index in [1.807, 2.05) is 0 Å². The molecule has 0 aromatic heterocycles. The van der Waals surface area contributed by atoms with Gasteiger partial charge in [-0.2, -0.15) is 0 Å². The molecule has 0 saturated heterocycles. The Morgan fingerprint density at radius 3 is 2.21 bits per heavy atom. The molecule has 5 heteroatoms. The van der Waals surface area contributed by atoms with Crippen molar-refractivity contribution in [1.82, 2.24) is 0 Å². The van der Waals surface area contributed by atoms with E-state index in [-0.39, 0.29) is 11.7 Å². The van der Waals surface area contributed by atoms with Gasteiger partial charge in [0.25, 0.3) is 0 Å². The lowest BCUT2D eigenvalue weighted by atomic mass is 9.91. The number of hydrogen-bond acceptors (Lipinski definition) is 5. The van der Waals surface area contributed by atoms with Gasteiger partial charge in [0.2, 0.25) is 0 Å². The van der Waals surface area contributed by atoms with Crippen LogP contribution in [-0.2, 0) is 23.9 Å². The summed E-state index contributed by atoms with van der Waals surface area (Å²) in [5.41, 5.74) is 0. The molecule has 108 valence electrons. The Bertz CT molecular complexity index is 344. The monoisotopic (exact) mass is 270 g/mol. The summed E-state index contributed by atoms with van der Waals surface area (Å²) >= 11 is 0. The van der Waals surface area contributed by atoms with E-state index >= 15 is 0 Å². The van der Waals surface area contributed by atoms with E-state index < -0.39 is 24.0 Å². The highest BCUT2D eigenvalue weighted by atomic mass is 16.6. The van der Waals surface area contributed by atoms with E-state index in [0.29, 0.717) is 6.42 Å². The van der Waals surface area contributed by atoms with Crippen molar-refractivity contribution in [2.45, 2.75) is 52.1 Å². The van der Waals surface area contributed by atoms with Gasteiger partial charge in [-0.05, 0) is 25.7 Å². The number of carbonyl (C=O) groups excluding carboxylic acids is 3. The lowest BCUT2D eigenvalue weighted by Crippen LogP contribution is -2.36. The van der Waals surface area contributed by atoms with Gasteiger partial charge >= 0.3 is 11.9 Å². The van der Waals surface area contributed by atoms with Gasteiger partial charge in [-0.1, -0.05) is 19.8 Å². The molecule has 0 bridgehead atoms. The highest BCUT2D eigenvalue weighted by molar-refractivity contribution is 5.96. The molecule has 0 spiro atoms. The Labute approximate surface area is 113 Å². The van der Waals surface area contributed by atoms with Gasteiger partial charge in [-0.15, -0.1) is 0 Å². The highest BCUT2D eigenvalue weighted by Crippen LogP contribution is 2.33. The SMILES string of the molecule is CCC(=O)C(C)OC(=O)C(C(=O)OC)C1CCCC1. The van der Waals surface area contributed by atoms with Crippen molar-refractivity contribution in [2.24, 2.45) is 11.8 Å². The predicted molar refractivity (Wildman–Crippen MR) is 68.3 cm³/mol. The fraction of sp³-hybridized carbons (Fsp3) is 0.786. The fourth-order valence-corrected chi connectivity index (χ4v) is 2.50. The zero-order valence-electron chi connectivity index (χ0n) is 11.8. The maximum atomic E-state index is 12.1. The second-order valence-corrected chi connectivity index (χ2v) is 4.94. The average molecular weight is 270 g/mol. The van der Waals surface area contributed by atoms with Crippen molar-refractivity contribution in [3.05, 3.63) is 0 Å². The number of esters is 2. The average Bonchev–Trinajstić information content (AvgIpc) is 2.91. The van der Waals surface area contributed by atoms with Crippen LogP contribution in [0.15, 0.2) is 0 Å². The molecule has 0 aliphatic heterocycles. The van der Waals surface area contributed by atoms with Crippen LogP contribution in [0.2, 0.25) is 0 Å². The van der Waals surface area contributed by atoms with E-state index in [1.165, 1.54) is 14.0 Å². The summed E-state index contributed by atoms with van der Waals surface area (Å²) in [6, 6.07) is 0. The van der Waals surface area contributed by atoms with Crippen molar-refractivity contribution in [2.75, 3.05) is 7.11 Å². The lowest BCUT2D eigenvalue weighted by Gasteiger charge is -2.21. The Kier molecular flexibility index (Phi) is 5.99. The molecule has 1 saturated carbocycles. The van der Waals surface area contributed by atoms with Crippen LogP contribution in [0.4, 0.5) is 0 Å². The van der Waals surface area contributed by atoms with Crippen LogP contribution in [0.3, 0.4) is 0 Å². The molecular formula is C14H22O5. The molecular weight excluding hydrogens is 248 g/mol. The second-order valence-electron chi connectivity index (χ2n) is 4.94. The maximum absolute atomic E-state index is 12.1. The fourth-order valence-electron chi connectivity index (χ4n) is 2.50. The molecule has 1 aliphatic carbocycles. The van der Waals surface area contributed by atoms with Gasteiger partial charge in [-0.25, -0.2) is 0 Å².